The highest BCUT2D eigenvalue weighted by atomic mass is 127. The van der Waals surface area contributed by atoms with Crippen LogP contribution in [0.2, 0.25) is 0 Å². The number of hydrogen-bond acceptors (Lipinski definition) is 3. The van der Waals surface area contributed by atoms with Crippen LogP contribution in [-0.4, -0.2) is 14.4 Å². The van der Waals surface area contributed by atoms with E-state index in [0.717, 1.165) is 0 Å². The first-order valence-electron chi connectivity index (χ1n) is 2.67. The maximum atomic E-state index is 10.6. The molecule has 2 unspecified atom stereocenters. The zero-order valence-electron chi connectivity index (χ0n) is 5.64. The first-order chi connectivity index (χ1) is 4.52. The van der Waals surface area contributed by atoms with Crippen molar-refractivity contribution in [3.63, 3.8) is 0 Å². The van der Waals surface area contributed by atoms with Crippen LogP contribution in [0.15, 0.2) is 0 Å². The van der Waals surface area contributed by atoms with Crippen LogP contribution in [0.4, 0.5) is 4.79 Å². The Hall–Kier alpha value is 0.730. The lowest BCUT2D eigenvalue weighted by Gasteiger charge is -2.08. The average molecular weight is 370 g/mol. The molecule has 0 saturated heterocycles. The zero-order chi connectivity index (χ0) is 8.15. The normalized spacial score (nSPS) is 15.6. The van der Waals surface area contributed by atoms with E-state index in [1.54, 1.807) is 13.8 Å². The molecule has 0 saturated carbocycles. The van der Waals surface area contributed by atoms with Gasteiger partial charge in [-0.05, 0) is 59.0 Å². The summed E-state index contributed by atoms with van der Waals surface area (Å²) in [7, 11) is 0. The topological polar surface area (TPSA) is 35.5 Å². The predicted octanol–water partition coefficient (Wildman–Crippen LogP) is 2.70. The molecule has 0 radical (unpaired) electrons. The second-order valence-corrected chi connectivity index (χ2v) is 5.08. The van der Waals surface area contributed by atoms with E-state index in [2.05, 4.69) is 9.47 Å². The van der Waals surface area contributed by atoms with Crippen LogP contribution in [0, 0.1) is 0 Å². The summed E-state index contributed by atoms with van der Waals surface area (Å²) in [6, 6.07) is 0. The van der Waals surface area contributed by atoms with Crippen molar-refractivity contribution < 1.29 is 14.3 Å². The molecule has 2 atom stereocenters. The van der Waals surface area contributed by atoms with Crippen LogP contribution in [0.3, 0.4) is 0 Å². The molecule has 0 N–H and O–H groups in total. The minimum Gasteiger partial charge on any atom is -0.421 e. The second-order valence-electron chi connectivity index (χ2n) is 1.57. The molecule has 0 aliphatic heterocycles. The largest absolute Gasteiger partial charge is 0.510 e. The highest BCUT2D eigenvalue weighted by molar-refractivity contribution is 14.1. The SMILES string of the molecule is CC(I)OC(=O)OC(C)I. The number of hydrogen-bond donors (Lipinski definition) is 0. The standard InChI is InChI=1S/C5H8I2O3/c1-3(6)9-5(8)10-4(2)7/h3-4H,1-2H3. The van der Waals surface area contributed by atoms with Crippen molar-refractivity contribution in [1.82, 2.24) is 0 Å². The third kappa shape index (κ3) is 6.84. The van der Waals surface area contributed by atoms with E-state index in [4.69, 9.17) is 0 Å². The van der Waals surface area contributed by atoms with E-state index in [0.29, 0.717) is 0 Å². The van der Waals surface area contributed by atoms with Gasteiger partial charge in [0.1, 0.15) is 0 Å². The van der Waals surface area contributed by atoms with Gasteiger partial charge in [-0.15, -0.1) is 0 Å². The van der Waals surface area contributed by atoms with E-state index in [9.17, 15) is 4.79 Å². The van der Waals surface area contributed by atoms with Gasteiger partial charge in [0.15, 0.2) is 8.22 Å². The molecule has 60 valence electrons. The van der Waals surface area contributed by atoms with Gasteiger partial charge in [0, 0.05) is 0 Å². The molecule has 0 aliphatic rings. The highest BCUT2D eigenvalue weighted by Crippen LogP contribution is 2.06. The maximum Gasteiger partial charge on any atom is 0.510 e. The van der Waals surface area contributed by atoms with Crippen molar-refractivity contribution in [2.45, 2.75) is 22.1 Å². The number of alkyl halides is 2. The lowest BCUT2D eigenvalue weighted by atomic mass is 10.8. The number of halogens is 2. The number of carbonyl (C=O) groups is 1. The highest BCUT2D eigenvalue weighted by Gasteiger charge is 2.09. The third-order valence-corrected chi connectivity index (χ3v) is 1.03. The van der Waals surface area contributed by atoms with Gasteiger partial charge >= 0.3 is 6.16 Å². The van der Waals surface area contributed by atoms with Crippen molar-refractivity contribution >= 4 is 51.3 Å². The molecule has 0 aliphatic carbocycles. The summed E-state index contributed by atoms with van der Waals surface area (Å²) in [6.45, 7) is 3.53. The summed E-state index contributed by atoms with van der Waals surface area (Å²) in [5.41, 5.74) is 0. The molecular formula is C5H8I2O3. The summed E-state index contributed by atoms with van der Waals surface area (Å²) in [4.78, 5) is 10.6. The van der Waals surface area contributed by atoms with Gasteiger partial charge in [-0.3, -0.25) is 0 Å². The number of rotatable bonds is 2. The third-order valence-electron chi connectivity index (χ3n) is 0.517. The van der Waals surface area contributed by atoms with Crippen LogP contribution < -0.4 is 0 Å². The van der Waals surface area contributed by atoms with Crippen LogP contribution >= 0.6 is 45.2 Å². The Morgan fingerprint density at radius 3 is 1.70 bits per heavy atom. The molecule has 0 fully saturated rings. The fraction of sp³-hybridized carbons (Fsp3) is 0.800. The molecule has 0 aromatic rings. The fourth-order valence-corrected chi connectivity index (χ4v) is 0.708. The molecule has 0 spiro atoms. The van der Waals surface area contributed by atoms with Gasteiger partial charge < -0.3 is 9.47 Å². The van der Waals surface area contributed by atoms with E-state index in [1.807, 2.05) is 45.2 Å². The van der Waals surface area contributed by atoms with Gasteiger partial charge in [-0.1, -0.05) is 0 Å². The number of carbonyl (C=O) groups excluding carboxylic acids is 1. The Balaban J connectivity index is 3.44. The van der Waals surface area contributed by atoms with Crippen LogP contribution in [0.5, 0.6) is 0 Å². The van der Waals surface area contributed by atoms with Crippen LogP contribution in [-0.2, 0) is 9.47 Å². The predicted molar refractivity (Wildman–Crippen MR) is 54.5 cm³/mol. The van der Waals surface area contributed by atoms with Crippen molar-refractivity contribution in [3.05, 3.63) is 0 Å². The van der Waals surface area contributed by atoms with Gasteiger partial charge in [0.2, 0.25) is 0 Å². The molecule has 0 heterocycles. The fourth-order valence-electron chi connectivity index (χ4n) is 0.293. The Bertz CT molecular complexity index is 101. The Kier molecular flexibility index (Phi) is 5.78. The maximum absolute atomic E-state index is 10.6. The van der Waals surface area contributed by atoms with Crippen molar-refractivity contribution in [1.29, 1.82) is 0 Å². The molecule has 10 heavy (non-hydrogen) atoms. The van der Waals surface area contributed by atoms with Crippen molar-refractivity contribution in [2.75, 3.05) is 0 Å². The first-order valence-corrected chi connectivity index (χ1v) is 5.17. The second kappa shape index (κ2) is 5.39. The molecular weight excluding hydrogens is 362 g/mol. The Morgan fingerprint density at radius 1 is 1.20 bits per heavy atom. The minimum absolute atomic E-state index is 0.139. The molecule has 0 bridgehead atoms. The molecule has 0 aromatic carbocycles. The average Bonchev–Trinajstić information content (AvgIpc) is 1.58. The lowest BCUT2D eigenvalue weighted by molar-refractivity contribution is 0.0545. The van der Waals surface area contributed by atoms with Crippen molar-refractivity contribution in [2.24, 2.45) is 0 Å². The molecule has 0 aromatic heterocycles. The van der Waals surface area contributed by atoms with Crippen molar-refractivity contribution in [3.8, 4) is 0 Å². The molecule has 5 heteroatoms. The summed E-state index contributed by atoms with van der Waals surface area (Å²) >= 11 is 3.96. The van der Waals surface area contributed by atoms with Gasteiger partial charge in [0.05, 0.1) is 0 Å². The summed E-state index contributed by atoms with van der Waals surface area (Å²) in [5, 5.41) is 0. The molecule has 3 nitrogen and oxygen atoms in total. The monoisotopic (exact) mass is 370 g/mol. The summed E-state index contributed by atoms with van der Waals surface area (Å²) in [6.07, 6.45) is -0.608. The number of ether oxygens (including phenoxy) is 2. The van der Waals surface area contributed by atoms with E-state index in [-0.39, 0.29) is 8.22 Å². The smallest absolute Gasteiger partial charge is 0.421 e. The van der Waals surface area contributed by atoms with Gasteiger partial charge in [-0.2, -0.15) is 0 Å². The van der Waals surface area contributed by atoms with E-state index >= 15 is 0 Å². The molecule has 0 rings (SSSR count). The van der Waals surface area contributed by atoms with E-state index < -0.39 is 6.16 Å². The Labute approximate surface area is 87.1 Å². The lowest BCUT2D eigenvalue weighted by Crippen LogP contribution is -2.13. The van der Waals surface area contributed by atoms with E-state index in [1.165, 1.54) is 0 Å². The van der Waals surface area contributed by atoms with Gasteiger partial charge in [0.25, 0.3) is 0 Å². The van der Waals surface area contributed by atoms with Crippen LogP contribution in [0.1, 0.15) is 13.8 Å². The quantitative estimate of drug-likeness (QED) is 0.426. The minimum atomic E-state index is -0.608. The summed E-state index contributed by atoms with van der Waals surface area (Å²) in [5.74, 6) is 0. The zero-order valence-corrected chi connectivity index (χ0v) is 9.95. The van der Waals surface area contributed by atoms with Crippen LogP contribution in [0.25, 0.3) is 0 Å². The molecule has 0 amide bonds. The first kappa shape index (κ1) is 10.7. The van der Waals surface area contributed by atoms with Gasteiger partial charge in [-0.25, -0.2) is 4.79 Å². The Morgan fingerprint density at radius 2 is 1.50 bits per heavy atom. The summed E-state index contributed by atoms with van der Waals surface area (Å²) < 4.78 is 9.09.